The van der Waals surface area contributed by atoms with E-state index in [-0.39, 0.29) is 35.5 Å². The SMILES string of the molecule is N#C[C@H](C[C@@H]1CCNC1=O)NC(=O)[C@@H]1CC2(CCC2)CN1C(=O)c1cc2ccc(Cl)cc2[nH]1. The first-order chi connectivity index (χ1) is 15.9. The fraction of sp³-hybridized carbons (Fsp3) is 0.500. The molecule has 8 nitrogen and oxygen atoms in total. The van der Waals surface area contributed by atoms with Crippen LogP contribution in [0.15, 0.2) is 24.3 Å². The van der Waals surface area contributed by atoms with Gasteiger partial charge in [0.25, 0.3) is 5.91 Å². The fourth-order valence-corrected chi connectivity index (χ4v) is 5.65. The molecule has 0 radical (unpaired) electrons. The molecule has 2 aliphatic heterocycles. The van der Waals surface area contributed by atoms with Crippen LogP contribution in [0, 0.1) is 22.7 Å². The van der Waals surface area contributed by atoms with Gasteiger partial charge in [0.1, 0.15) is 17.8 Å². The summed E-state index contributed by atoms with van der Waals surface area (Å²) < 4.78 is 0. The van der Waals surface area contributed by atoms with E-state index in [2.05, 4.69) is 21.7 Å². The number of amides is 3. The van der Waals surface area contributed by atoms with Gasteiger partial charge < -0.3 is 20.5 Å². The van der Waals surface area contributed by atoms with E-state index < -0.39 is 12.1 Å². The van der Waals surface area contributed by atoms with Crippen LogP contribution in [-0.2, 0) is 9.59 Å². The van der Waals surface area contributed by atoms with Gasteiger partial charge in [0.2, 0.25) is 11.8 Å². The lowest BCUT2D eigenvalue weighted by atomic mass is 9.67. The number of hydrogen-bond donors (Lipinski definition) is 3. The van der Waals surface area contributed by atoms with E-state index in [1.54, 1.807) is 23.1 Å². The smallest absolute Gasteiger partial charge is 0.271 e. The van der Waals surface area contributed by atoms with E-state index in [0.717, 1.165) is 30.2 Å². The Hall–Kier alpha value is -3.05. The standard InChI is InChI=1S/C24H26ClN5O3/c25-16-3-2-14-9-19(29-18(14)10-16)23(33)30-13-24(5-1-6-24)11-20(30)22(32)28-17(12-26)8-15-4-7-27-21(15)31/h2-3,9-10,15,17,20,29H,1,4-8,11,13H2,(H,27,31)(H,28,32)/t15-,17-,20-/m0/s1. The molecule has 0 unspecified atom stereocenters. The van der Waals surface area contributed by atoms with Gasteiger partial charge in [0.15, 0.2) is 0 Å². The number of nitrogens with zero attached hydrogens (tertiary/aromatic N) is 2. The topological polar surface area (TPSA) is 118 Å². The summed E-state index contributed by atoms with van der Waals surface area (Å²) in [6.07, 6.45) is 4.62. The molecular weight excluding hydrogens is 442 g/mol. The van der Waals surface area contributed by atoms with Crippen molar-refractivity contribution in [3.63, 3.8) is 0 Å². The molecule has 1 aromatic carbocycles. The molecule has 0 bridgehead atoms. The molecule has 2 aromatic rings. The third-order valence-corrected chi connectivity index (χ3v) is 7.69. The molecule has 1 aliphatic carbocycles. The number of fused-ring (bicyclic) bond motifs is 1. The molecule has 3 fully saturated rings. The summed E-state index contributed by atoms with van der Waals surface area (Å²) in [6.45, 7) is 1.13. The first-order valence-corrected chi connectivity index (χ1v) is 11.8. The molecule has 5 rings (SSSR count). The lowest BCUT2D eigenvalue weighted by Gasteiger charge is -2.37. The van der Waals surface area contributed by atoms with Crippen molar-refractivity contribution >= 4 is 40.2 Å². The Morgan fingerprint density at radius 1 is 1.33 bits per heavy atom. The molecule has 1 saturated carbocycles. The first kappa shape index (κ1) is 21.8. The Morgan fingerprint density at radius 3 is 2.82 bits per heavy atom. The number of nitrogens with one attached hydrogen (secondary N) is 3. The van der Waals surface area contributed by atoms with Gasteiger partial charge in [0.05, 0.1) is 6.07 Å². The molecule has 3 amide bonds. The Balaban J connectivity index is 1.35. The van der Waals surface area contributed by atoms with E-state index in [1.807, 2.05) is 6.07 Å². The molecule has 9 heteroatoms. The van der Waals surface area contributed by atoms with Crippen molar-refractivity contribution in [2.45, 2.75) is 50.6 Å². The maximum Gasteiger partial charge on any atom is 0.271 e. The minimum atomic E-state index is -0.767. The third kappa shape index (κ3) is 4.06. The predicted octanol–water partition coefficient (Wildman–Crippen LogP) is 2.74. The number of likely N-dealkylation sites (tertiary alicyclic amines) is 1. The van der Waals surface area contributed by atoms with Crippen LogP contribution in [0.25, 0.3) is 10.9 Å². The Bertz CT molecular complexity index is 1160. The van der Waals surface area contributed by atoms with Gasteiger partial charge in [-0.3, -0.25) is 14.4 Å². The highest BCUT2D eigenvalue weighted by molar-refractivity contribution is 6.31. The second kappa shape index (κ2) is 8.38. The van der Waals surface area contributed by atoms with Crippen LogP contribution in [0.4, 0.5) is 0 Å². The van der Waals surface area contributed by atoms with Crippen LogP contribution in [0.3, 0.4) is 0 Å². The zero-order valence-electron chi connectivity index (χ0n) is 18.2. The van der Waals surface area contributed by atoms with Crippen molar-refractivity contribution in [2.24, 2.45) is 11.3 Å². The van der Waals surface area contributed by atoms with Gasteiger partial charge >= 0.3 is 0 Å². The quantitative estimate of drug-likeness (QED) is 0.626. The van der Waals surface area contributed by atoms with Crippen LogP contribution in [0.1, 0.15) is 49.0 Å². The van der Waals surface area contributed by atoms with Crippen molar-refractivity contribution in [3.8, 4) is 6.07 Å². The number of aromatic nitrogens is 1. The Kier molecular flexibility index (Phi) is 5.53. The molecule has 2 saturated heterocycles. The molecule has 3 heterocycles. The molecule has 3 aliphatic rings. The normalized spacial score (nSPS) is 24.4. The number of nitriles is 1. The van der Waals surface area contributed by atoms with E-state index >= 15 is 0 Å². The van der Waals surface area contributed by atoms with E-state index in [4.69, 9.17) is 11.6 Å². The lowest BCUT2D eigenvalue weighted by molar-refractivity contribution is -0.126. The largest absolute Gasteiger partial charge is 0.356 e. The number of aromatic amines is 1. The minimum absolute atomic E-state index is 0.0273. The summed E-state index contributed by atoms with van der Waals surface area (Å²) >= 11 is 6.08. The second-order valence-electron chi connectivity index (χ2n) is 9.62. The van der Waals surface area contributed by atoms with Crippen LogP contribution in [-0.4, -0.2) is 52.8 Å². The fourth-order valence-electron chi connectivity index (χ4n) is 5.48. The molecule has 33 heavy (non-hydrogen) atoms. The highest BCUT2D eigenvalue weighted by Crippen LogP contribution is 2.50. The average Bonchev–Trinajstić information content (AvgIpc) is 3.49. The zero-order valence-corrected chi connectivity index (χ0v) is 19.0. The molecular formula is C24H26ClN5O3. The lowest BCUT2D eigenvalue weighted by Crippen LogP contribution is -2.49. The van der Waals surface area contributed by atoms with E-state index in [1.165, 1.54) is 0 Å². The van der Waals surface area contributed by atoms with Crippen molar-refractivity contribution in [1.29, 1.82) is 5.26 Å². The summed E-state index contributed by atoms with van der Waals surface area (Å²) in [5, 5.41) is 16.6. The third-order valence-electron chi connectivity index (χ3n) is 7.46. The molecule has 3 atom stereocenters. The number of carbonyl (C=O) groups excluding carboxylic acids is 3. The van der Waals surface area contributed by atoms with Crippen molar-refractivity contribution in [1.82, 2.24) is 20.5 Å². The average molecular weight is 468 g/mol. The number of H-pyrrole nitrogens is 1. The Morgan fingerprint density at radius 2 is 2.15 bits per heavy atom. The monoisotopic (exact) mass is 467 g/mol. The molecule has 172 valence electrons. The van der Waals surface area contributed by atoms with Gasteiger partial charge in [-0.1, -0.05) is 24.1 Å². The summed E-state index contributed by atoms with van der Waals surface area (Å²) in [5.41, 5.74) is 1.16. The molecule has 1 spiro atoms. The summed E-state index contributed by atoms with van der Waals surface area (Å²) in [6, 6.07) is 7.89. The molecule has 1 aromatic heterocycles. The maximum atomic E-state index is 13.5. The first-order valence-electron chi connectivity index (χ1n) is 11.4. The number of carbonyl (C=O) groups is 3. The number of rotatable bonds is 5. The highest BCUT2D eigenvalue weighted by atomic mass is 35.5. The van der Waals surface area contributed by atoms with Crippen LogP contribution < -0.4 is 10.6 Å². The van der Waals surface area contributed by atoms with Gasteiger partial charge in [-0.15, -0.1) is 0 Å². The Labute approximate surface area is 196 Å². The van der Waals surface area contributed by atoms with Crippen LogP contribution >= 0.6 is 11.6 Å². The van der Waals surface area contributed by atoms with Crippen molar-refractivity contribution < 1.29 is 14.4 Å². The van der Waals surface area contributed by atoms with Gasteiger partial charge in [-0.25, -0.2) is 0 Å². The van der Waals surface area contributed by atoms with E-state index in [0.29, 0.717) is 36.6 Å². The van der Waals surface area contributed by atoms with Crippen molar-refractivity contribution in [2.75, 3.05) is 13.1 Å². The van der Waals surface area contributed by atoms with Crippen LogP contribution in [0.2, 0.25) is 5.02 Å². The number of halogens is 1. The summed E-state index contributed by atoms with van der Waals surface area (Å²) in [7, 11) is 0. The van der Waals surface area contributed by atoms with Gasteiger partial charge in [0, 0.05) is 34.9 Å². The highest BCUT2D eigenvalue weighted by Gasteiger charge is 2.52. The minimum Gasteiger partial charge on any atom is -0.356 e. The van der Waals surface area contributed by atoms with Gasteiger partial charge in [-0.05, 0) is 55.7 Å². The number of benzene rings is 1. The van der Waals surface area contributed by atoms with Crippen molar-refractivity contribution in [3.05, 3.63) is 35.0 Å². The van der Waals surface area contributed by atoms with Gasteiger partial charge in [-0.2, -0.15) is 5.26 Å². The molecule has 3 N–H and O–H groups in total. The summed E-state index contributed by atoms with van der Waals surface area (Å²) in [4.78, 5) is 43.4. The van der Waals surface area contributed by atoms with Crippen LogP contribution in [0.5, 0.6) is 0 Å². The zero-order chi connectivity index (χ0) is 23.2. The number of hydrogen-bond acceptors (Lipinski definition) is 4. The van der Waals surface area contributed by atoms with E-state index in [9.17, 15) is 19.6 Å². The predicted molar refractivity (Wildman–Crippen MR) is 122 cm³/mol. The maximum absolute atomic E-state index is 13.5. The summed E-state index contributed by atoms with van der Waals surface area (Å²) in [5.74, 6) is -0.895. The second-order valence-corrected chi connectivity index (χ2v) is 10.1.